The van der Waals surface area contributed by atoms with E-state index in [0.29, 0.717) is 0 Å². The van der Waals surface area contributed by atoms with Crippen LogP contribution >= 0.6 is 0 Å². The zero-order chi connectivity index (χ0) is 28.7. The maximum Gasteiger partial charge on any atom is 1.00 e. The van der Waals surface area contributed by atoms with Gasteiger partial charge in [0.05, 0.1) is 12.6 Å². The first-order chi connectivity index (χ1) is 17.3. The summed E-state index contributed by atoms with van der Waals surface area (Å²) in [5.74, 6) is -0.903. The van der Waals surface area contributed by atoms with Gasteiger partial charge in [0.2, 0.25) is 10.4 Å². The first-order valence-electron chi connectivity index (χ1n) is 13.3. The van der Waals surface area contributed by atoms with Crippen LogP contribution in [-0.2, 0) is 19.9 Å². The Labute approximate surface area is 299 Å². The zero-order valence-corrected chi connectivity index (χ0v) is 30.0. The molecule has 12 nitrogen and oxygen atoms in total. The van der Waals surface area contributed by atoms with Crippen LogP contribution < -0.4 is 91.8 Å². The minimum atomic E-state index is -4.92. The topological polar surface area (TPSA) is 234 Å². The fourth-order valence-electron chi connectivity index (χ4n) is 3.76. The second kappa shape index (κ2) is 31.2. The molecule has 1 aliphatic heterocycles. The first-order valence-corrected chi connectivity index (χ1v) is 14.7. The number of aliphatic hydroxyl groups excluding tert-OH is 4. The second-order valence-electron chi connectivity index (χ2n) is 9.31. The Morgan fingerprint density at radius 2 is 1.15 bits per heavy atom. The molecule has 0 bridgehead atoms. The molecule has 0 spiro atoms. The zero-order valence-electron chi connectivity index (χ0n) is 24.1. The van der Waals surface area contributed by atoms with Crippen LogP contribution in [0.2, 0.25) is 0 Å². The molecule has 0 amide bonds. The summed E-state index contributed by atoms with van der Waals surface area (Å²) in [5.41, 5.74) is 5.26. The number of carbonyl (C=O) groups is 1. The molecule has 0 aromatic carbocycles. The van der Waals surface area contributed by atoms with Crippen LogP contribution in [0, 0.1) is 0 Å². The SMILES string of the molecule is CCCCCCCCCCCCCCCCCC(=O)[O-].N[C@H]1C(O)O[C@H](CO)[C@@H](O)[C@@H]1O.O=S(=O)([O-])O.[K+].[Na+]. The maximum atomic E-state index is 10.2. The van der Waals surface area contributed by atoms with Crippen molar-refractivity contribution >= 4 is 16.4 Å². The number of carboxylic acid groups (broad SMARTS) is 1. The molecular weight excluding hydrogens is 572 g/mol. The summed E-state index contributed by atoms with van der Waals surface area (Å²) in [6, 6.07) is -1.04. The van der Waals surface area contributed by atoms with Gasteiger partial charge in [-0.25, -0.2) is 8.42 Å². The van der Waals surface area contributed by atoms with Crippen molar-refractivity contribution in [2.24, 2.45) is 5.73 Å². The van der Waals surface area contributed by atoms with E-state index >= 15 is 0 Å². The number of hydrogen-bond acceptors (Lipinski definition) is 11. The van der Waals surface area contributed by atoms with Crippen molar-refractivity contribution in [1.29, 1.82) is 0 Å². The summed E-state index contributed by atoms with van der Waals surface area (Å²) in [4.78, 5) is 10.2. The second-order valence-corrected chi connectivity index (χ2v) is 10.2. The average Bonchev–Trinajstić information content (AvgIpc) is 2.81. The number of aliphatic hydroxyl groups is 4. The molecule has 1 fully saturated rings. The summed E-state index contributed by atoms with van der Waals surface area (Å²) in [6.07, 6.45) is 15.0. The minimum Gasteiger partial charge on any atom is -0.726 e. The van der Waals surface area contributed by atoms with Crippen LogP contribution in [0.3, 0.4) is 0 Å². The normalized spacial score (nSPS) is 22.2. The summed E-state index contributed by atoms with van der Waals surface area (Å²) in [6.45, 7) is 1.80. The van der Waals surface area contributed by atoms with E-state index in [9.17, 15) is 20.1 Å². The van der Waals surface area contributed by atoms with E-state index in [2.05, 4.69) is 6.92 Å². The van der Waals surface area contributed by atoms with Gasteiger partial charge in [0.1, 0.15) is 18.3 Å². The fraction of sp³-hybridized carbons (Fsp3) is 0.958. The molecule has 1 aliphatic rings. The number of nitrogens with two attached hydrogens (primary N) is 1. The van der Waals surface area contributed by atoms with Gasteiger partial charge in [-0.1, -0.05) is 96.8 Å². The van der Waals surface area contributed by atoms with Crippen LogP contribution in [0.1, 0.15) is 110 Å². The molecule has 0 aliphatic carbocycles. The average molecular weight is 622 g/mol. The molecule has 0 saturated carbocycles. The molecule has 224 valence electrons. The van der Waals surface area contributed by atoms with Crippen molar-refractivity contribution in [1.82, 2.24) is 0 Å². The van der Waals surface area contributed by atoms with Gasteiger partial charge in [0.15, 0.2) is 6.29 Å². The largest absolute Gasteiger partial charge is 1.00 e. The van der Waals surface area contributed by atoms with Crippen molar-refractivity contribution in [3.05, 3.63) is 0 Å². The number of aliphatic carboxylic acids is 1. The van der Waals surface area contributed by atoms with E-state index < -0.39 is 53.6 Å². The molecule has 7 N–H and O–H groups in total. The molecule has 1 heterocycles. The monoisotopic (exact) mass is 621 g/mol. The minimum absolute atomic E-state index is 0. The maximum absolute atomic E-state index is 10.2. The number of rotatable bonds is 17. The summed E-state index contributed by atoms with van der Waals surface area (Å²) < 4.78 is 37.5. The van der Waals surface area contributed by atoms with E-state index in [4.69, 9.17) is 38.2 Å². The van der Waals surface area contributed by atoms with Crippen LogP contribution in [-0.4, -0.2) is 81.2 Å². The Hall–Kier alpha value is 1.74. The number of hydrogen-bond donors (Lipinski definition) is 6. The predicted molar refractivity (Wildman–Crippen MR) is 135 cm³/mol. The van der Waals surface area contributed by atoms with Crippen LogP contribution in [0.5, 0.6) is 0 Å². The summed E-state index contributed by atoms with van der Waals surface area (Å²) in [5, 5.41) is 46.3. The third-order valence-corrected chi connectivity index (χ3v) is 5.93. The Bertz CT molecular complexity index is 637. The van der Waals surface area contributed by atoms with Crippen LogP contribution in [0.15, 0.2) is 0 Å². The van der Waals surface area contributed by atoms with Crippen molar-refractivity contribution in [2.45, 2.75) is 140 Å². The Balaban J connectivity index is -0.000000273. The molecule has 5 atom stereocenters. The summed E-state index contributed by atoms with van der Waals surface area (Å²) in [7, 11) is -4.92. The Morgan fingerprint density at radius 1 is 0.821 bits per heavy atom. The molecule has 1 rings (SSSR count). The molecule has 0 aromatic heterocycles. The standard InChI is InChI=1S/C18H36O2.C6H13NO5.K.Na.H2O4S/c1-2-3-4-5-6-7-8-9-10-11-12-13-14-15-16-17-18(19)20;7-3-5(10)4(9)2(1-8)12-6(3)11;;;1-5(2,3)4/h2-17H2,1H3,(H,19,20);2-6,8-11H,1,7H2;;;(H2,1,2,3,4)/q;;2*+1;/p-2/t;2-,3-,4-,5-,6?;;;/m.1.../s1. The number of carbonyl (C=O) groups excluding carboxylic acids is 1. The number of unbranched alkanes of at least 4 members (excludes halogenated alkanes) is 14. The van der Waals surface area contributed by atoms with Gasteiger partial charge in [-0.15, -0.1) is 0 Å². The quantitative estimate of drug-likeness (QED) is 0.0387. The molecule has 0 radical (unpaired) electrons. The van der Waals surface area contributed by atoms with Crippen LogP contribution in [0.25, 0.3) is 0 Å². The molecule has 1 unspecified atom stereocenters. The molecule has 1 saturated heterocycles. The third kappa shape index (κ3) is 34.1. The van der Waals surface area contributed by atoms with Crippen LogP contribution in [0.4, 0.5) is 0 Å². The van der Waals surface area contributed by atoms with E-state index in [0.717, 1.165) is 12.8 Å². The third-order valence-electron chi connectivity index (χ3n) is 5.93. The van der Waals surface area contributed by atoms with Crippen molar-refractivity contribution < 1.29 is 134 Å². The molecular formula is C24H49KNNaO11S. The summed E-state index contributed by atoms with van der Waals surface area (Å²) >= 11 is 0. The van der Waals surface area contributed by atoms with E-state index in [-0.39, 0.29) is 87.4 Å². The van der Waals surface area contributed by atoms with E-state index in [1.807, 2.05) is 0 Å². The van der Waals surface area contributed by atoms with Crippen molar-refractivity contribution in [3.8, 4) is 0 Å². The molecule has 15 heteroatoms. The molecule has 39 heavy (non-hydrogen) atoms. The predicted octanol–water partition coefficient (Wildman–Crippen LogP) is -5.24. The van der Waals surface area contributed by atoms with Gasteiger partial charge in [-0.2, -0.15) is 0 Å². The van der Waals surface area contributed by atoms with Crippen molar-refractivity contribution in [3.63, 3.8) is 0 Å². The Morgan fingerprint density at radius 3 is 1.46 bits per heavy atom. The van der Waals surface area contributed by atoms with Gasteiger partial charge in [-0.05, 0) is 12.8 Å². The smallest absolute Gasteiger partial charge is 0.726 e. The fourth-order valence-corrected chi connectivity index (χ4v) is 3.76. The van der Waals surface area contributed by atoms with Crippen molar-refractivity contribution in [2.75, 3.05) is 6.61 Å². The van der Waals surface area contributed by atoms with Gasteiger partial charge >= 0.3 is 80.9 Å². The molecule has 0 aromatic rings. The van der Waals surface area contributed by atoms with Gasteiger partial charge in [0.25, 0.3) is 0 Å². The number of ether oxygens (including phenoxy) is 1. The first kappa shape index (κ1) is 47.7. The van der Waals surface area contributed by atoms with Gasteiger partial charge < -0.3 is 45.4 Å². The number of carboxylic acids is 1. The van der Waals surface area contributed by atoms with E-state index in [1.165, 1.54) is 83.5 Å². The van der Waals surface area contributed by atoms with Gasteiger partial charge in [-0.3, -0.25) is 4.55 Å². The Kier molecular flexibility index (Phi) is 38.1. The van der Waals surface area contributed by atoms with Gasteiger partial charge in [0, 0.05) is 5.97 Å². The van der Waals surface area contributed by atoms with E-state index in [1.54, 1.807) is 0 Å².